The first-order valence-electron chi connectivity index (χ1n) is 4.92. The van der Waals surface area contributed by atoms with E-state index in [0.29, 0.717) is 10.7 Å². The Morgan fingerprint density at radius 3 is 2.87 bits per heavy atom. The van der Waals surface area contributed by atoms with Crippen molar-refractivity contribution < 1.29 is 9.90 Å². The normalized spacial score (nSPS) is 10.0. The summed E-state index contributed by atoms with van der Waals surface area (Å²) in [6.45, 7) is 2.86. The van der Waals surface area contributed by atoms with E-state index in [2.05, 4.69) is 12.2 Å². The molecule has 0 unspecified atom stereocenters. The van der Waals surface area contributed by atoms with Gasteiger partial charge in [-0.3, -0.25) is 0 Å². The quantitative estimate of drug-likeness (QED) is 0.760. The lowest BCUT2D eigenvalue weighted by atomic mass is 10.1. The van der Waals surface area contributed by atoms with Gasteiger partial charge in [0.2, 0.25) is 0 Å². The van der Waals surface area contributed by atoms with Gasteiger partial charge in [0.05, 0.1) is 5.56 Å². The van der Waals surface area contributed by atoms with Gasteiger partial charge in [-0.25, -0.2) is 4.79 Å². The van der Waals surface area contributed by atoms with Crippen molar-refractivity contribution in [2.24, 2.45) is 0 Å². The molecular formula is C11H14ClNO2. The first-order chi connectivity index (χ1) is 7.15. The van der Waals surface area contributed by atoms with Gasteiger partial charge in [0.15, 0.2) is 0 Å². The third kappa shape index (κ3) is 3.44. The molecule has 4 heteroatoms. The highest BCUT2D eigenvalue weighted by Gasteiger charge is 2.09. The second kappa shape index (κ2) is 5.61. The summed E-state index contributed by atoms with van der Waals surface area (Å²) in [6.07, 6.45) is 2.09. The molecule has 0 bridgehead atoms. The minimum absolute atomic E-state index is 0.221. The standard InChI is InChI=1S/C11H14ClNO2/c1-2-3-6-13-10-5-4-8(12)7-9(10)11(14)15/h4-5,7,13H,2-3,6H2,1H3,(H,14,15). The Morgan fingerprint density at radius 1 is 1.53 bits per heavy atom. The fraction of sp³-hybridized carbons (Fsp3) is 0.364. The third-order valence-corrected chi connectivity index (χ3v) is 2.29. The Hall–Kier alpha value is -1.22. The van der Waals surface area contributed by atoms with Crippen LogP contribution in [0.2, 0.25) is 5.02 Å². The maximum atomic E-state index is 10.9. The topological polar surface area (TPSA) is 49.3 Å². The molecule has 0 heterocycles. The summed E-state index contributed by atoms with van der Waals surface area (Å²) in [7, 11) is 0. The van der Waals surface area contributed by atoms with Crippen molar-refractivity contribution in [2.45, 2.75) is 19.8 Å². The Labute approximate surface area is 94.1 Å². The van der Waals surface area contributed by atoms with Gasteiger partial charge in [-0.1, -0.05) is 24.9 Å². The first kappa shape index (κ1) is 11.9. The van der Waals surface area contributed by atoms with Crippen LogP contribution >= 0.6 is 11.6 Å². The number of aromatic carboxylic acids is 1. The fourth-order valence-electron chi connectivity index (χ4n) is 1.25. The number of carbonyl (C=O) groups is 1. The maximum absolute atomic E-state index is 10.9. The molecule has 0 aliphatic carbocycles. The number of halogens is 1. The number of nitrogens with one attached hydrogen (secondary N) is 1. The zero-order valence-corrected chi connectivity index (χ0v) is 9.34. The van der Waals surface area contributed by atoms with Crippen molar-refractivity contribution >= 4 is 23.3 Å². The second-order valence-electron chi connectivity index (χ2n) is 3.28. The summed E-state index contributed by atoms with van der Waals surface area (Å²) in [5.74, 6) is -0.962. The Balaban J connectivity index is 2.81. The highest BCUT2D eigenvalue weighted by Crippen LogP contribution is 2.20. The number of hydrogen-bond acceptors (Lipinski definition) is 2. The molecule has 1 aromatic carbocycles. The number of carboxylic acids is 1. The van der Waals surface area contributed by atoms with Crippen molar-refractivity contribution in [1.29, 1.82) is 0 Å². The molecule has 0 atom stereocenters. The molecule has 0 spiro atoms. The van der Waals surface area contributed by atoms with Gasteiger partial charge < -0.3 is 10.4 Å². The van der Waals surface area contributed by atoms with Crippen molar-refractivity contribution in [1.82, 2.24) is 0 Å². The van der Waals surface area contributed by atoms with Crippen molar-refractivity contribution in [3.63, 3.8) is 0 Å². The smallest absolute Gasteiger partial charge is 0.337 e. The largest absolute Gasteiger partial charge is 0.478 e. The number of rotatable bonds is 5. The lowest BCUT2D eigenvalue weighted by molar-refractivity contribution is 0.0698. The van der Waals surface area contributed by atoms with E-state index in [1.807, 2.05) is 0 Å². The molecule has 0 aliphatic rings. The van der Waals surface area contributed by atoms with Crippen LogP contribution in [0.4, 0.5) is 5.69 Å². The summed E-state index contributed by atoms with van der Waals surface area (Å²) >= 11 is 5.73. The summed E-state index contributed by atoms with van der Waals surface area (Å²) in [5, 5.41) is 12.5. The van der Waals surface area contributed by atoms with Crippen LogP contribution in [0.15, 0.2) is 18.2 Å². The van der Waals surface area contributed by atoms with E-state index in [0.717, 1.165) is 19.4 Å². The average molecular weight is 228 g/mol. The van der Waals surface area contributed by atoms with Gasteiger partial charge in [0, 0.05) is 17.3 Å². The van der Waals surface area contributed by atoms with Crippen LogP contribution in [0.1, 0.15) is 30.1 Å². The zero-order chi connectivity index (χ0) is 11.3. The van der Waals surface area contributed by atoms with E-state index in [1.54, 1.807) is 12.1 Å². The molecule has 0 aromatic heterocycles. The van der Waals surface area contributed by atoms with E-state index in [4.69, 9.17) is 16.7 Å². The first-order valence-corrected chi connectivity index (χ1v) is 5.29. The van der Waals surface area contributed by atoms with Crippen LogP contribution in [0.5, 0.6) is 0 Å². The fourth-order valence-corrected chi connectivity index (χ4v) is 1.42. The van der Waals surface area contributed by atoms with Crippen molar-refractivity contribution in [2.75, 3.05) is 11.9 Å². The summed E-state index contributed by atoms with van der Waals surface area (Å²) in [6, 6.07) is 4.84. The van der Waals surface area contributed by atoms with E-state index in [1.165, 1.54) is 6.07 Å². The maximum Gasteiger partial charge on any atom is 0.337 e. The molecule has 82 valence electrons. The molecule has 0 radical (unpaired) electrons. The molecule has 0 fully saturated rings. The molecule has 0 saturated heterocycles. The zero-order valence-electron chi connectivity index (χ0n) is 8.59. The highest BCUT2D eigenvalue weighted by atomic mass is 35.5. The molecule has 0 saturated carbocycles. The summed E-state index contributed by atoms with van der Waals surface area (Å²) in [4.78, 5) is 10.9. The predicted octanol–water partition coefficient (Wildman–Crippen LogP) is 3.25. The number of unbranched alkanes of at least 4 members (excludes halogenated alkanes) is 1. The van der Waals surface area contributed by atoms with E-state index in [9.17, 15) is 4.79 Å². The monoisotopic (exact) mass is 227 g/mol. The van der Waals surface area contributed by atoms with Crippen LogP contribution in [0.25, 0.3) is 0 Å². The number of anilines is 1. The Kier molecular flexibility index (Phi) is 4.43. The van der Waals surface area contributed by atoms with Gasteiger partial charge >= 0.3 is 5.97 Å². The van der Waals surface area contributed by atoms with Crippen molar-refractivity contribution in [3.8, 4) is 0 Å². The van der Waals surface area contributed by atoms with Gasteiger partial charge in [-0.05, 0) is 24.6 Å². The number of benzene rings is 1. The second-order valence-corrected chi connectivity index (χ2v) is 3.71. The van der Waals surface area contributed by atoms with E-state index < -0.39 is 5.97 Å². The molecule has 1 rings (SSSR count). The van der Waals surface area contributed by atoms with E-state index in [-0.39, 0.29) is 5.56 Å². The Bertz CT molecular complexity index is 352. The van der Waals surface area contributed by atoms with Gasteiger partial charge in [0.1, 0.15) is 0 Å². The lowest BCUT2D eigenvalue weighted by Crippen LogP contribution is -2.07. The van der Waals surface area contributed by atoms with Gasteiger partial charge in [-0.15, -0.1) is 0 Å². The number of carboxylic acid groups (broad SMARTS) is 1. The highest BCUT2D eigenvalue weighted by molar-refractivity contribution is 6.31. The van der Waals surface area contributed by atoms with Gasteiger partial charge in [-0.2, -0.15) is 0 Å². The minimum Gasteiger partial charge on any atom is -0.478 e. The van der Waals surface area contributed by atoms with Crippen LogP contribution in [-0.2, 0) is 0 Å². The Morgan fingerprint density at radius 2 is 2.27 bits per heavy atom. The minimum atomic E-state index is -0.962. The molecule has 0 aliphatic heterocycles. The predicted molar refractivity (Wildman–Crippen MR) is 61.8 cm³/mol. The SMILES string of the molecule is CCCCNc1ccc(Cl)cc1C(=O)O. The van der Waals surface area contributed by atoms with E-state index >= 15 is 0 Å². The molecule has 1 aromatic rings. The third-order valence-electron chi connectivity index (χ3n) is 2.06. The average Bonchev–Trinajstić information content (AvgIpc) is 2.20. The summed E-state index contributed by atoms with van der Waals surface area (Å²) in [5.41, 5.74) is 0.846. The van der Waals surface area contributed by atoms with Crippen LogP contribution in [0.3, 0.4) is 0 Å². The molecule has 3 nitrogen and oxygen atoms in total. The molecular weight excluding hydrogens is 214 g/mol. The molecule has 2 N–H and O–H groups in total. The van der Waals surface area contributed by atoms with Crippen molar-refractivity contribution in [3.05, 3.63) is 28.8 Å². The lowest BCUT2D eigenvalue weighted by Gasteiger charge is -2.09. The molecule has 15 heavy (non-hydrogen) atoms. The number of hydrogen-bond donors (Lipinski definition) is 2. The van der Waals surface area contributed by atoms with Crippen LogP contribution in [-0.4, -0.2) is 17.6 Å². The van der Waals surface area contributed by atoms with Crippen LogP contribution < -0.4 is 5.32 Å². The summed E-state index contributed by atoms with van der Waals surface area (Å²) < 4.78 is 0. The van der Waals surface area contributed by atoms with Crippen LogP contribution in [0, 0.1) is 0 Å². The molecule has 0 amide bonds. The van der Waals surface area contributed by atoms with Gasteiger partial charge in [0.25, 0.3) is 0 Å².